The van der Waals surface area contributed by atoms with E-state index in [2.05, 4.69) is 44.2 Å². The molecule has 0 radical (unpaired) electrons. The van der Waals surface area contributed by atoms with Gasteiger partial charge in [0.25, 0.3) is 0 Å². The summed E-state index contributed by atoms with van der Waals surface area (Å²) in [7, 11) is 4.21. The standard InChI is InChI=1S/C15H24N2O2/c1-11(2)13(9-17(3)4)16-8-12-6-5-7-14-15(12)19-10-18-14/h5-7,11,13,16H,8-10H2,1-4H3. The second-order valence-corrected chi connectivity index (χ2v) is 5.64. The molecule has 0 fully saturated rings. The number of likely N-dealkylation sites (N-methyl/N-ethyl adjacent to an activating group) is 1. The van der Waals surface area contributed by atoms with E-state index in [1.54, 1.807) is 0 Å². The maximum atomic E-state index is 5.53. The third-order valence-electron chi connectivity index (χ3n) is 3.40. The summed E-state index contributed by atoms with van der Waals surface area (Å²) in [5.74, 6) is 2.34. The average molecular weight is 264 g/mol. The number of benzene rings is 1. The first-order valence-corrected chi connectivity index (χ1v) is 6.83. The molecular formula is C15H24N2O2. The van der Waals surface area contributed by atoms with Crippen molar-refractivity contribution in [2.45, 2.75) is 26.4 Å². The molecule has 106 valence electrons. The number of hydrogen-bond acceptors (Lipinski definition) is 4. The zero-order chi connectivity index (χ0) is 13.8. The Labute approximate surface area is 115 Å². The van der Waals surface area contributed by atoms with Crippen LogP contribution in [0.4, 0.5) is 0 Å². The van der Waals surface area contributed by atoms with Gasteiger partial charge in [-0.05, 0) is 26.1 Å². The van der Waals surface area contributed by atoms with Crippen molar-refractivity contribution in [1.82, 2.24) is 10.2 Å². The van der Waals surface area contributed by atoms with Crippen molar-refractivity contribution in [2.24, 2.45) is 5.92 Å². The van der Waals surface area contributed by atoms with E-state index in [0.717, 1.165) is 24.6 Å². The number of nitrogens with zero attached hydrogens (tertiary/aromatic N) is 1. The number of rotatable bonds is 6. The number of para-hydroxylation sites is 1. The fraction of sp³-hybridized carbons (Fsp3) is 0.600. The Morgan fingerprint density at radius 2 is 2.05 bits per heavy atom. The first-order valence-electron chi connectivity index (χ1n) is 6.83. The Morgan fingerprint density at radius 1 is 1.26 bits per heavy atom. The van der Waals surface area contributed by atoms with Crippen LogP contribution in [0.2, 0.25) is 0 Å². The van der Waals surface area contributed by atoms with Crippen LogP contribution in [-0.4, -0.2) is 38.4 Å². The number of ether oxygens (including phenoxy) is 2. The van der Waals surface area contributed by atoms with Gasteiger partial charge in [-0.1, -0.05) is 26.0 Å². The molecule has 0 aromatic heterocycles. The Bertz CT molecular complexity index is 419. The average Bonchev–Trinajstić information content (AvgIpc) is 2.82. The first kappa shape index (κ1) is 14.2. The van der Waals surface area contributed by atoms with E-state index in [9.17, 15) is 0 Å². The smallest absolute Gasteiger partial charge is 0.231 e. The largest absolute Gasteiger partial charge is 0.454 e. The Kier molecular flexibility index (Phi) is 4.66. The van der Waals surface area contributed by atoms with Gasteiger partial charge in [-0.25, -0.2) is 0 Å². The van der Waals surface area contributed by atoms with Crippen LogP contribution < -0.4 is 14.8 Å². The lowest BCUT2D eigenvalue weighted by Gasteiger charge is -2.26. The van der Waals surface area contributed by atoms with Gasteiger partial charge in [0, 0.05) is 24.7 Å². The summed E-state index contributed by atoms with van der Waals surface area (Å²) >= 11 is 0. The lowest BCUT2D eigenvalue weighted by molar-refractivity contribution is 0.173. The van der Waals surface area contributed by atoms with Gasteiger partial charge in [-0.3, -0.25) is 0 Å². The van der Waals surface area contributed by atoms with Crippen LogP contribution in [0.5, 0.6) is 11.5 Å². The molecule has 19 heavy (non-hydrogen) atoms. The molecule has 0 amide bonds. The second kappa shape index (κ2) is 6.26. The van der Waals surface area contributed by atoms with E-state index in [0.29, 0.717) is 18.8 Å². The van der Waals surface area contributed by atoms with Gasteiger partial charge < -0.3 is 19.7 Å². The number of hydrogen-bond donors (Lipinski definition) is 1. The van der Waals surface area contributed by atoms with Gasteiger partial charge in [0.2, 0.25) is 6.79 Å². The van der Waals surface area contributed by atoms with E-state index >= 15 is 0 Å². The lowest BCUT2D eigenvalue weighted by atomic mass is 10.0. The van der Waals surface area contributed by atoms with Gasteiger partial charge in [0.1, 0.15) is 0 Å². The highest BCUT2D eigenvalue weighted by molar-refractivity contribution is 5.48. The zero-order valence-electron chi connectivity index (χ0n) is 12.3. The van der Waals surface area contributed by atoms with E-state index in [4.69, 9.17) is 9.47 Å². The summed E-state index contributed by atoms with van der Waals surface area (Å²) in [6.45, 7) is 6.66. The summed E-state index contributed by atoms with van der Waals surface area (Å²) in [6.07, 6.45) is 0. The Balaban J connectivity index is 1.99. The molecule has 1 aliphatic rings. The van der Waals surface area contributed by atoms with Crippen LogP contribution >= 0.6 is 0 Å². The zero-order valence-corrected chi connectivity index (χ0v) is 12.3. The molecule has 1 heterocycles. The summed E-state index contributed by atoms with van der Waals surface area (Å²) in [4.78, 5) is 2.21. The fourth-order valence-electron chi connectivity index (χ4n) is 2.28. The van der Waals surface area contributed by atoms with E-state index < -0.39 is 0 Å². The van der Waals surface area contributed by atoms with Gasteiger partial charge in [-0.2, -0.15) is 0 Å². The molecule has 1 N–H and O–H groups in total. The monoisotopic (exact) mass is 264 g/mol. The van der Waals surface area contributed by atoms with Crippen LogP contribution in [0.3, 0.4) is 0 Å². The van der Waals surface area contributed by atoms with Crippen molar-refractivity contribution in [3.8, 4) is 11.5 Å². The van der Waals surface area contributed by atoms with Crippen molar-refractivity contribution in [2.75, 3.05) is 27.4 Å². The maximum absolute atomic E-state index is 5.53. The third-order valence-corrected chi connectivity index (χ3v) is 3.40. The molecule has 2 rings (SSSR count). The van der Waals surface area contributed by atoms with Crippen molar-refractivity contribution in [3.63, 3.8) is 0 Å². The Hall–Kier alpha value is -1.26. The highest BCUT2D eigenvalue weighted by Gasteiger charge is 2.19. The quantitative estimate of drug-likeness (QED) is 0.853. The molecule has 0 saturated heterocycles. The molecule has 0 saturated carbocycles. The highest BCUT2D eigenvalue weighted by Crippen LogP contribution is 2.35. The minimum atomic E-state index is 0.331. The lowest BCUT2D eigenvalue weighted by Crippen LogP contribution is -2.41. The molecule has 1 atom stereocenters. The van der Waals surface area contributed by atoms with Gasteiger partial charge in [0.15, 0.2) is 11.5 Å². The predicted molar refractivity (Wildman–Crippen MR) is 76.6 cm³/mol. The topological polar surface area (TPSA) is 33.7 Å². The summed E-state index contributed by atoms with van der Waals surface area (Å²) in [5.41, 5.74) is 1.17. The molecule has 4 nitrogen and oxygen atoms in total. The van der Waals surface area contributed by atoms with Gasteiger partial charge >= 0.3 is 0 Å². The van der Waals surface area contributed by atoms with Crippen molar-refractivity contribution >= 4 is 0 Å². The predicted octanol–water partition coefficient (Wildman–Crippen LogP) is 2.09. The normalized spacial score (nSPS) is 15.3. The molecule has 0 bridgehead atoms. The molecule has 1 aliphatic heterocycles. The molecule has 4 heteroatoms. The van der Waals surface area contributed by atoms with E-state index in [1.165, 1.54) is 5.56 Å². The van der Waals surface area contributed by atoms with Crippen molar-refractivity contribution in [3.05, 3.63) is 23.8 Å². The van der Waals surface area contributed by atoms with Crippen molar-refractivity contribution < 1.29 is 9.47 Å². The molecule has 1 unspecified atom stereocenters. The van der Waals surface area contributed by atoms with Crippen LogP contribution in [0.1, 0.15) is 19.4 Å². The van der Waals surface area contributed by atoms with Crippen LogP contribution in [0.25, 0.3) is 0 Å². The maximum Gasteiger partial charge on any atom is 0.231 e. The van der Waals surface area contributed by atoms with Gasteiger partial charge in [0.05, 0.1) is 0 Å². The molecule has 0 aliphatic carbocycles. The SMILES string of the molecule is CC(C)C(CN(C)C)NCc1cccc2c1OCO2. The molecular weight excluding hydrogens is 240 g/mol. The number of nitrogens with one attached hydrogen (secondary N) is 1. The molecule has 0 spiro atoms. The minimum absolute atomic E-state index is 0.331. The highest BCUT2D eigenvalue weighted by atomic mass is 16.7. The third kappa shape index (κ3) is 3.61. The first-order chi connectivity index (χ1) is 9.08. The fourth-order valence-corrected chi connectivity index (χ4v) is 2.28. The van der Waals surface area contributed by atoms with Gasteiger partial charge in [-0.15, -0.1) is 0 Å². The second-order valence-electron chi connectivity index (χ2n) is 5.64. The molecule has 1 aromatic rings. The summed E-state index contributed by atoms with van der Waals surface area (Å²) in [5, 5.41) is 3.62. The van der Waals surface area contributed by atoms with Crippen LogP contribution in [0.15, 0.2) is 18.2 Å². The number of fused-ring (bicyclic) bond motifs is 1. The van der Waals surface area contributed by atoms with Crippen LogP contribution in [0, 0.1) is 5.92 Å². The summed E-state index contributed by atoms with van der Waals surface area (Å²) < 4.78 is 10.9. The summed E-state index contributed by atoms with van der Waals surface area (Å²) in [6, 6.07) is 6.52. The molecule has 1 aromatic carbocycles. The Morgan fingerprint density at radius 3 is 2.74 bits per heavy atom. The van der Waals surface area contributed by atoms with E-state index in [-0.39, 0.29) is 0 Å². The van der Waals surface area contributed by atoms with Crippen molar-refractivity contribution in [1.29, 1.82) is 0 Å². The minimum Gasteiger partial charge on any atom is -0.454 e. The van der Waals surface area contributed by atoms with Crippen LogP contribution in [-0.2, 0) is 6.54 Å². The van der Waals surface area contributed by atoms with E-state index in [1.807, 2.05) is 12.1 Å².